The summed E-state index contributed by atoms with van der Waals surface area (Å²) in [5, 5.41) is 18.4. The third-order valence-corrected chi connectivity index (χ3v) is 4.81. The number of nitrogens with one attached hydrogen (secondary N) is 2. The lowest BCUT2D eigenvalue weighted by molar-refractivity contribution is -0.136. The molecular formula is C18H20N2O5S. The standard InChI is InChI=1S/C18H20N2O5S/c21-7-4-12(13-5-8-26-10-13)3-6-19-17(22)18(23)20-14-1-2-15-16(9-14)25-11-24-15/h1-2,5,8-10,12,21H,3-4,6-7,11H2,(H,19,22)(H,20,23)/t12-/m0/s1. The summed E-state index contributed by atoms with van der Waals surface area (Å²) in [6.45, 7) is 0.583. The highest BCUT2D eigenvalue weighted by molar-refractivity contribution is 7.07. The molecule has 1 aromatic carbocycles. The summed E-state index contributed by atoms with van der Waals surface area (Å²) in [7, 11) is 0. The van der Waals surface area contributed by atoms with Gasteiger partial charge in [0.1, 0.15) is 0 Å². The zero-order valence-corrected chi connectivity index (χ0v) is 14.9. The van der Waals surface area contributed by atoms with E-state index >= 15 is 0 Å². The van der Waals surface area contributed by atoms with Crippen molar-refractivity contribution in [1.82, 2.24) is 5.32 Å². The predicted octanol–water partition coefficient (Wildman–Crippen LogP) is 2.09. The molecule has 0 saturated heterocycles. The lowest BCUT2D eigenvalue weighted by Gasteiger charge is -2.15. The molecule has 3 N–H and O–H groups in total. The van der Waals surface area contributed by atoms with E-state index in [1.54, 1.807) is 29.5 Å². The Hall–Kier alpha value is -2.58. The summed E-state index contributed by atoms with van der Waals surface area (Å²) >= 11 is 1.60. The van der Waals surface area contributed by atoms with Gasteiger partial charge in [-0.05, 0) is 53.3 Å². The molecule has 0 fully saturated rings. The Morgan fingerprint density at radius 1 is 1.15 bits per heavy atom. The van der Waals surface area contributed by atoms with Crippen molar-refractivity contribution in [2.75, 3.05) is 25.3 Å². The number of benzene rings is 1. The van der Waals surface area contributed by atoms with Crippen molar-refractivity contribution in [3.05, 3.63) is 40.6 Å². The third-order valence-electron chi connectivity index (χ3n) is 4.11. The molecule has 0 unspecified atom stereocenters. The number of thiophene rings is 1. The second kappa shape index (κ2) is 8.68. The van der Waals surface area contributed by atoms with E-state index in [4.69, 9.17) is 9.47 Å². The Bertz CT molecular complexity index is 763. The van der Waals surface area contributed by atoms with E-state index in [9.17, 15) is 14.7 Å². The summed E-state index contributed by atoms with van der Waals surface area (Å²) in [5.41, 5.74) is 1.61. The first-order valence-corrected chi connectivity index (χ1v) is 9.23. The van der Waals surface area contributed by atoms with Crippen LogP contribution in [-0.4, -0.2) is 36.9 Å². The fourth-order valence-electron chi connectivity index (χ4n) is 2.74. The molecule has 138 valence electrons. The first kappa shape index (κ1) is 18.2. The molecular weight excluding hydrogens is 356 g/mol. The number of carbonyl (C=O) groups is 2. The zero-order chi connectivity index (χ0) is 18.4. The topological polar surface area (TPSA) is 96.9 Å². The first-order chi connectivity index (χ1) is 12.7. The lowest BCUT2D eigenvalue weighted by atomic mass is 9.95. The van der Waals surface area contributed by atoms with Gasteiger partial charge in [-0.25, -0.2) is 0 Å². The normalized spacial score (nSPS) is 13.3. The van der Waals surface area contributed by atoms with Gasteiger partial charge in [-0.1, -0.05) is 0 Å². The number of rotatable bonds is 7. The highest BCUT2D eigenvalue weighted by Gasteiger charge is 2.18. The second-order valence-electron chi connectivity index (χ2n) is 5.83. The molecule has 0 spiro atoms. The van der Waals surface area contributed by atoms with Gasteiger partial charge in [-0.15, -0.1) is 0 Å². The van der Waals surface area contributed by atoms with Crippen LogP contribution in [0.3, 0.4) is 0 Å². The van der Waals surface area contributed by atoms with Crippen molar-refractivity contribution in [3.8, 4) is 11.5 Å². The Kier molecular flexibility index (Phi) is 6.08. The molecule has 1 aliphatic rings. The number of aliphatic hydroxyl groups excluding tert-OH is 1. The molecule has 1 aromatic heterocycles. The van der Waals surface area contributed by atoms with Crippen LogP contribution in [0.4, 0.5) is 5.69 Å². The molecule has 3 rings (SSSR count). The maximum absolute atomic E-state index is 12.0. The minimum atomic E-state index is -0.738. The van der Waals surface area contributed by atoms with Gasteiger partial charge in [0, 0.05) is 24.9 Å². The monoisotopic (exact) mass is 376 g/mol. The van der Waals surface area contributed by atoms with Crippen LogP contribution in [0.1, 0.15) is 24.3 Å². The van der Waals surface area contributed by atoms with Gasteiger partial charge in [0.15, 0.2) is 11.5 Å². The number of aliphatic hydroxyl groups is 1. The number of fused-ring (bicyclic) bond motifs is 1. The van der Waals surface area contributed by atoms with Crippen LogP contribution in [-0.2, 0) is 9.59 Å². The molecule has 0 aliphatic carbocycles. The fraction of sp³-hybridized carbons (Fsp3) is 0.333. The smallest absolute Gasteiger partial charge is 0.313 e. The van der Waals surface area contributed by atoms with E-state index in [1.165, 1.54) is 0 Å². The second-order valence-corrected chi connectivity index (χ2v) is 6.61. The summed E-state index contributed by atoms with van der Waals surface area (Å²) in [6.07, 6.45) is 1.27. The minimum Gasteiger partial charge on any atom is -0.454 e. The van der Waals surface area contributed by atoms with Gasteiger partial charge in [-0.2, -0.15) is 11.3 Å². The Balaban J connectivity index is 1.47. The largest absolute Gasteiger partial charge is 0.454 e. The van der Waals surface area contributed by atoms with Crippen LogP contribution < -0.4 is 20.1 Å². The van der Waals surface area contributed by atoms with Crippen LogP contribution in [0.25, 0.3) is 0 Å². The molecule has 7 nitrogen and oxygen atoms in total. The number of hydrogen-bond acceptors (Lipinski definition) is 6. The number of anilines is 1. The van der Waals surface area contributed by atoms with Crippen molar-refractivity contribution in [1.29, 1.82) is 0 Å². The van der Waals surface area contributed by atoms with E-state index in [2.05, 4.69) is 10.6 Å². The van der Waals surface area contributed by atoms with E-state index in [0.29, 0.717) is 36.6 Å². The first-order valence-electron chi connectivity index (χ1n) is 8.29. The maximum atomic E-state index is 12.0. The molecule has 2 amide bonds. The highest BCUT2D eigenvalue weighted by atomic mass is 32.1. The number of amides is 2. The van der Waals surface area contributed by atoms with Gasteiger partial charge < -0.3 is 25.2 Å². The third kappa shape index (κ3) is 4.53. The molecule has 0 radical (unpaired) electrons. The molecule has 8 heteroatoms. The van der Waals surface area contributed by atoms with Crippen LogP contribution in [0, 0.1) is 0 Å². The average Bonchev–Trinajstić information content (AvgIpc) is 3.32. The quantitative estimate of drug-likeness (QED) is 0.643. The zero-order valence-electron chi connectivity index (χ0n) is 14.1. The molecule has 26 heavy (non-hydrogen) atoms. The molecule has 0 bridgehead atoms. The summed E-state index contributed by atoms with van der Waals surface area (Å²) in [4.78, 5) is 24.0. The molecule has 2 heterocycles. The number of carbonyl (C=O) groups excluding carboxylic acids is 2. The van der Waals surface area contributed by atoms with Gasteiger partial charge >= 0.3 is 11.8 Å². The van der Waals surface area contributed by atoms with Crippen molar-refractivity contribution in [3.63, 3.8) is 0 Å². The van der Waals surface area contributed by atoms with Gasteiger partial charge in [0.25, 0.3) is 0 Å². The average molecular weight is 376 g/mol. The molecule has 2 aromatic rings. The van der Waals surface area contributed by atoms with Crippen molar-refractivity contribution >= 4 is 28.8 Å². The van der Waals surface area contributed by atoms with E-state index in [1.807, 2.05) is 16.8 Å². The van der Waals surface area contributed by atoms with Crippen LogP contribution in [0.5, 0.6) is 11.5 Å². The molecule has 0 saturated carbocycles. The molecule has 1 aliphatic heterocycles. The van der Waals surface area contributed by atoms with E-state index in [0.717, 1.165) is 5.56 Å². The van der Waals surface area contributed by atoms with Crippen molar-refractivity contribution in [2.24, 2.45) is 0 Å². The number of ether oxygens (including phenoxy) is 2. The van der Waals surface area contributed by atoms with Gasteiger partial charge in [-0.3, -0.25) is 9.59 Å². The number of hydrogen-bond donors (Lipinski definition) is 3. The Morgan fingerprint density at radius 3 is 2.77 bits per heavy atom. The predicted molar refractivity (Wildman–Crippen MR) is 97.6 cm³/mol. The van der Waals surface area contributed by atoms with Gasteiger partial charge in [0.2, 0.25) is 6.79 Å². The maximum Gasteiger partial charge on any atom is 0.313 e. The molecule has 1 atom stereocenters. The van der Waals surface area contributed by atoms with Crippen LogP contribution >= 0.6 is 11.3 Å². The summed E-state index contributed by atoms with van der Waals surface area (Å²) < 4.78 is 10.4. The SMILES string of the molecule is O=C(NCC[C@@H](CCO)c1ccsc1)C(=O)Nc1ccc2c(c1)OCO2. The van der Waals surface area contributed by atoms with E-state index < -0.39 is 11.8 Å². The van der Waals surface area contributed by atoms with E-state index in [-0.39, 0.29) is 19.3 Å². The summed E-state index contributed by atoms with van der Waals surface area (Å²) in [5.74, 6) is -0.140. The van der Waals surface area contributed by atoms with Crippen LogP contribution in [0.2, 0.25) is 0 Å². The minimum absolute atomic E-state index is 0.0824. The Morgan fingerprint density at radius 2 is 2.00 bits per heavy atom. The fourth-order valence-corrected chi connectivity index (χ4v) is 3.49. The van der Waals surface area contributed by atoms with Crippen molar-refractivity contribution in [2.45, 2.75) is 18.8 Å². The van der Waals surface area contributed by atoms with Gasteiger partial charge in [0.05, 0.1) is 0 Å². The Labute approximate surface area is 154 Å². The summed E-state index contributed by atoms with van der Waals surface area (Å²) in [6, 6.07) is 6.95. The van der Waals surface area contributed by atoms with Crippen molar-refractivity contribution < 1.29 is 24.2 Å². The lowest BCUT2D eigenvalue weighted by Crippen LogP contribution is -2.36. The highest BCUT2D eigenvalue weighted by Crippen LogP contribution is 2.34. The van der Waals surface area contributed by atoms with Crippen LogP contribution in [0.15, 0.2) is 35.0 Å².